The summed E-state index contributed by atoms with van der Waals surface area (Å²) >= 11 is 0. The number of nitrogens with one attached hydrogen (secondary N) is 1. The molecule has 0 bridgehead atoms. The van der Waals surface area contributed by atoms with Crippen molar-refractivity contribution in [1.82, 2.24) is 5.32 Å². The number of benzene rings is 1. The molecule has 2 atom stereocenters. The van der Waals surface area contributed by atoms with E-state index < -0.39 is 6.04 Å². The number of hydrogen-bond donors (Lipinski definition) is 2. The lowest BCUT2D eigenvalue weighted by molar-refractivity contribution is -0.120. The first-order chi connectivity index (χ1) is 8.16. The number of ether oxygens (including phenoxy) is 1. The summed E-state index contributed by atoms with van der Waals surface area (Å²) in [4.78, 5) is 22.7. The summed E-state index contributed by atoms with van der Waals surface area (Å²) in [6.45, 7) is 0.160. The Bertz CT molecular complexity index is 419. The zero-order valence-corrected chi connectivity index (χ0v) is 9.26. The van der Waals surface area contributed by atoms with Crippen LogP contribution in [0.1, 0.15) is 16.8 Å². The van der Waals surface area contributed by atoms with Gasteiger partial charge in [0.1, 0.15) is 6.61 Å². The van der Waals surface area contributed by atoms with Gasteiger partial charge in [-0.1, -0.05) is 18.2 Å². The lowest BCUT2D eigenvalue weighted by atomic mass is 10.2. The number of amides is 1. The van der Waals surface area contributed by atoms with Crippen molar-refractivity contribution in [2.75, 3.05) is 6.61 Å². The molecule has 1 amide bonds. The second kappa shape index (κ2) is 4.97. The average Bonchev–Trinajstić information content (AvgIpc) is 2.67. The maximum absolute atomic E-state index is 11.6. The minimum Gasteiger partial charge on any atom is -0.460 e. The zero-order chi connectivity index (χ0) is 12.3. The van der Waals surface area contributed by atoms with E-state index in [9.17, 15) is 9.59 Å². The summed E-state index contributed by atoms with van der Waals surface area (Å²) in [7, 11) is 0. The SMILES string of the molecule is NC1CC(COC(=O)c2ccccc2)NC1=O. The third-order valence-corrected chi connectivity index (χ3v) is 2.65. The summed E-state index contributed by atoms with van der Waals surface area (Å²) in [5.74, 6) is -0.578. The molecular formula is C12H14N2O3. The predicted octanol–water partition coefficient (Wildman–Crippen LogP) is 0.0592. The van der Waals surface area contributed by atoms with Gasteiger partial charge in [0.2, 0.25) is 5.91 Å². The fourth-order valence-corrected chi connectivity index (χ4v) is 1.72. The minimum atomic E-state index is -0.490. The molecule has 1 saturated heterocycles. The van der Waals surface area contributed by atoms with Crippen molar-refractivity contribution in [3.05, 3.63) is 35.9 Å². The maximum atomic E-state index is 11.6. The topological polar surface area (TPSA) is 81.4 Å². The Morgan fingerprint density at radius 3 is 2.71 bits per heavy atom. The van der Waals surface area contributed by atoms with Gasteiger partial charge < -0.3 is 15.8 Å². The van der Waals surface area contributed by atoms with Gasteiger partial charge in [0.15, 0.2) is 0 Å². The Hall–Kier alpha value is -1.88. The van der Waals surface area contributed by atoms with Crippen molar-refractivity contribution in [3.8, 4) is 0 Å². The molecule has 1 aliphatic rings. The van der Waals surface area contributed by atoms with Crippen LogP contribution in [-0.4, -0.2) is 30.6 Å². The molecule has 5 nitrogen and oxygen atoms in total. The first-order valence-corrected chi connectivity index (χ1v) is 5.45. The van der Waals surface area contributed by atoms with E-state index in [1.54, 1.807) is 24.3 Å². The maximum Gasteiger partial charge on any atom is 0.338 e. The minimum absolute atomic E-state index is 0.160. The molecule has 1 aromatic rings. The van der Waals surface area contributed by atoms with Gasteiger partial charge in [-0.05, 0) is 18.6 Å². The van der Waals surface area contributed by atoms with Crippen LogP contribution < -0.4 is 11.1 Å². The summed E-state index contributed by atoms with van der Waals surface area (Å²) in [6.07, 6.45) is 0.501. The molecule has 2 rings (SSSR count). The van der Waals surface area contributed by atoms with Crippen LogP contribution in [0.4, 0.5) is 0 Å². The van der Waals surface area contributed by atoms with Crippen molar-refractivity contribution in [1.29, 1.82) is 0 Å². The van der Waals surface area contributed by atoms with Crippen LogP contribution in [0.2, 0.25) is 0 Å². The van der Waals surface area contributed by atoms with E-state index in [4.69, 9.17) is 10.5 Å². The van der Waals surface area contributed by atoms with Crippen LogP contribution in [0.15, 0.2) is 30.3 Å². The fourth-order valence-electron chi connectivity index (χ4n) is 1.72. The molecule has 0 saturated carbocycles. The molecular weight excluding hydrogens is 220 g/mol. The Labute approximate surface area is 98.9 Å². The summed E-state index contributed by atoms with van der Waals surface area (Å²) in [5.41, 5.74) is 6.03. The molecule has 1 aromatic carbocycles. The first-order valence-electron chi connectivity index (χ1n) is 5.45. The summed E-state index contributed by atoms with van der Waals surface area (Å²) < 4.78 is 5.10. The van der Waals surface area contributed by atoms with E-state index in [0.717, 1.165) is 0 Å². The number of rotatable bonds is 3. The molecule has 90 valence electrons. The Morgan fingerprint density at radius 1 is 1.41 bits per heavy atom. The van der Waals surface area contributed by atoms with Gasteiger partial charge >= 0.3 is 5.97 Å². The van der Waals surface area contributed by atoms with Crippen molar-refractivity contribution in [2.45, 2.75) is 18.5 Å². The lowest BCUT2D eigenvalue weighted by Gasteiger charge is -2.10. The van der Waals surface area contributed by atoms with Crippen molar-refractivity contribution < 1.29 is 14.3 Å². The highest BCUT2D eigenvalue weighted by Crippen LogP contribution is 2.08. The van der Waals surface area contributed by atoms with E-state index >= 15 is 0 Å². The predicted molar refractivity (Wildman–Crippen MR) is 61.2 cm³/mol. The second-order valence-corrected chi connectivity index (χ2v) is 4.01. The second-order valence-electron chi connectivity index (χ2n) is 4.01. The van der Waals surface area contributed by atoms with E-state index in [1.807, 2.05) is 6.07 Å². The van der Waals surface area contributed by atoms with E-state index in [2.05, 4.69) is 5.32 Å². The van der Waals surface area contributed by atoms with Gasteiger partial charge in [-0.25, -0.2) is 4.79 Å². The third kappa shape index (κ3) is 2.82. The quantitative estimate of drug-likeness (QED) is 0.724. The highest BCUT2D eigenvalue weighted by Gasteiger charge is 2.29. The normalized spacial score (nSPS) is 23.2. The van der Waals surface area contributed by atoms with E-state index in [1.165, 1.54) is 0 Å². The van der Waals surface area contributed by atoms with Crippen LogP contribution in [-0.2, 0) is 9.53 Å². The molecule has 0 aliphatic carbocycles. The van der Waals surface area contributed by atoms with Gasteiger partial charge in [0.25, 0.3) is 0 Å². The highest BCUT2D eigenvalue weighted by molar-refractivity contribution is 5.89. The molecule has 0 spiro atoms. The van der Waals surface area contributed by atoms with Crippen LogP contribution in [0.5, 0.6) is 0 Å². The van der Waals surface area contributed by atoms with Gasteiger partial charge in [-0.3, -0.25) is 4.79 Å². The average molecular weight is 234 g/mol. The molecule has 2 unspecified atom stereocenters. The van der Waals surface area contributed by atoms with Gasteiger partial charge in [0.05, 0.1) is 17.6 Å². The number of carbonyl (C=O) groups excluding carboxylic acids is 2. The smallest absolute Gasteiger partial charge is 0.338 e. The number of carbonyl (C=O) groups is 2. The molecule has 0 radical (unpaired) electrons. The molecule has 3 N–H and O–H groups in total. The zero-order valence-electron chi connectivity index (χ0n) is 9.26. The van der Waals surface area contributed by atoms with Crippen LogP contribution >= 0.6 is 0 Å². The lowest BCUT2D eigenvalue weighted by Crippen LogP contribution is -2.33. The van der Waals surface area contributed by atoms with Crippen LogP contribution in [0.3, 0.4) is 0 Å². The van der Waals surface area contributed by atoms with Gasteiger partial charge in [-0.2, -0.15) is 0 Å². The first kappa shape index (κ1) is 11.6. The standard InChI is InChI=1S/C12H14N2O3/c13-10-6-9(14-11(10)15)7-17-12(16)8-4-2-1-3-5-8/h1-5,9-10H,6-7,13H2,(H,14,15). The Morgan fingerprint density at radius 2 is 2.12 bits per heavy atom. The van der Waals surface area contributed by atoms with Crippen molar-refractivity contribution in [3.63, 3.8) is 0 Å². The fraction of sp³-hybridized carbons (Fsp3) is 0.333. The van der Waals surface area contributed by atoms with E-state index in [-0.39, 0.29) is 24.5 Å². The summed E-state index contributed by atoms with van der Waals surface area (Å²) in [5, 5.41) is 2.67. The van der Waals surface area contributed by atoms with Gasteiger partial charge in [-0.15, -0.1) is 0 Å². The Balaban J connectivity index is 1.83. The largest absolute Gasteiger partial charge is 0.460 e. The summed E-state index contributed by atoms with van der Waals surface area (Å²) in [6, 6.07) is 8.06. The molecule has 1 fully saturated rings. The monoisotopic (exact) mass is 234 g/mol. The molecule has 1 aliphatic heterocycles. The third-order valence-electron chi connectivity index (χ3n) is 2.65. The number of esters is 1. The Kier molecular flexibility index (Phi) is 3.39. The highest BCUT2D eigenvalue weighted by atomic mass is 16.5. The van der Waals surface area contributed by atoms with Gasteiger partial charge in [0, 0.05) is 0 Å². The van der Waals surface area contributed by atoms with Crippen molar-refractivity contribution in [2.24, 2.45) is 5.73 Å². The van der Waals surface area contributed by atoms with Crippen LogP contribution in [0, 0.1) is 0 Å². The number of nitrogens with two attached hydrogens (primary N) is 1. The molecule has 0 aromatic heterocycles. The molecule has 17 heavy (non-hydrogen) atoms. The van der Waals surface area contributed by atoms with Crippen molar-refractivity contribution >= 4 is 11.9 Å². The van der Waals surface area contributed by atoms with Crippen LogP contribution in [0.25, 0.3) is 0 Å². The molecule has 1 heterocycles. The van der Waals surface area contributed by atoms with E-state index in [0.29, 0.717) is 12.0 Å². The number of hydrogen-bond acceptors (Lipinski definition) is 4. The molecule has 5 heteroatoms.